The van der Waals surface area contributed by atoms with Gasteiger partial charge in [-0.05, 0) is 17.6 Å². The Hall–Kier alpha value is -0.480. The lowest BCUT2D eigenvalue weighted by Crippen LogP contribution is -1.84. The van der Waals surface area contributed by atoms with Gasteiger partial charge < -0.3 is 11.3 Å². The van der Waals surface area contributed by atoms with Crippen molar-refractivity contribution in [1.29, 1.82) is 0 Å². The van der Waals surface area contributed by atoms with Gasteiger partial charge in [0.05, 0.1) is 0 Å². The summed E-state index contributed by atoms with van der Waals surface area (Å²) in [6, 6.07) is 0. The average Bonchev–Trinajstić information content (AvgIpc) is 1.80. The number of thioether (sulfide) groups is 1. The standard InChI is InChI=1S/C6H10O2S.H3N/c1-2-4-9-5-3-6(7)8;/h3,5H,2,4H2,1H3,(H,7,8);1H3/b5-3-;. The van der Waals surface area contributed by atoms with E-state index < -0.39 is 5.97 Å². The van der Waals surface area contributed by atoms with Gasteiger partial charge in [0.2, 0.25) is 0 Å². The average molecular weight is 163 g/mol. The highest BCUT2D eigenvalue weighted by Crippen LogP contribution is 2.02. The van der Waals surface area contributed by atoms with Crippen molar-refractivity contribution in [1.82, 2.24) is 6.15 Å². The molecule has 0 amide bonds. The number of carboxylic acid groups (broad SMARTS) is 1. The maximum atomic E-state index is 9.86. The van der Waals surface area contributed by atoms with Crippen molar-refractivity contribution in [3.63, 3.8) is 0 Å². The molecule has 0 radical (unpaired) electrons. The molecule has 0 fully saturated rings. The minimum Gasteiger partial charge on any atom is -0.478 e. The second-order valence-electron chi connectivity index (χ2n) is 1.51. The molecule has 0 aliphatic carbocycles. The van der Waals surface area contributed by atoms with Crippen molar-refractivity contribution in [2.45, 2.75) is 13.3 Å². The van der Waals surface area contributed by atoms with Crippen LogP contribution >= 0.6 is 11.8 Å². The fourth-order valence-corrected chi connectivity index (χ4v) is 0.877. The first-order chi connectivity index (χ1) is 4.27. The highest BCUT2D eigenvalue weighted by molar-refractivity contribution is 8.02. The summed E-state index contributed by atoms with van der Waals surface area (Å²) < 4.78 is 0. The summed E-state index contributed by atoms with van der Waals surface area (Å²) in [5.74, 6) is 0.114. The van der Waals surface area contributed by atoms with E-state index in [-0.39, 0.29) is 6.15 Å². The van der Waals surface area contributed by atoms with Gasteiger partial charge in [-0.1, -0.05) is 6.92 Å². The van der Waals surface area contributed by atoms with E-state index in [1.54, 1.807) is 5.41 Å². The van der Waals surface area contributed by atoms with Gasteiger partial charge in [0.15, 0.2) is 0 Å². The number of carbonyl (C=O) groups is 1. The third-order valence-electron chi connectivity index (χ3n) is 0.629. The van der Waals surface area contributed by atoms with Crippen LogP contribution in [0.15, 0.2) is 11.5 Å². The van der Waals surface area contributed by atoms with Crippen LogP contribution < -0.4 is 6.15 Å². The third-order valence-corrected chi connectivity index (χ3v) is 1.60. The van der Waals surface area contributed by atoms with E-state index in [0.29, 0.717) is 0 Å². The molecule has 0 saturated heterocycles. The first-order valence-corrected chi connectivity index (χ1v) is 3.83. The highest BCUT2D eigenvalue weighted by Gasteiger charge is 1.83. The Bertz CT molecular complexity index is 114. The molecular weight excluding hydrogens is 150 g/mol. The SMILES string of the molecule is CCCS/C=C\C(=O)O.N. The quantitative estimate of drug-likeness (QED) is 0.490. The molecule has 10 heavy (non-hydrogen) atoms. The molecule has 0 aliphatic rings. The van der Waals surface area contributed by atoms with Crippen LogP contribution in [0.4, 0.5) is 0 Å². The van der Waals surface area contributed by atoms with Gasteiger partial charge >= 0.3 is 5.97 Å². The summed E-state index contributed by atoms with van der Waals surface area (Å²) in [6.07, 6.45) is 2.23. The van der Waals surface area contributed by atoms with Crippen molar-refractivity contribution < 1.29 is 9.90 Å². The Labute approximate surface area is 65.1 Å². The number of carboxylic acids is 1. The summed E-state index contributed by atoms with van der Waals surface area (Å²) in [6.45, 7) is 2.06. The largest absolute Gasteiger partial charge is 0.478 e. The molecule has 0 atom stereocenters. The predicted molar refractivity (Wildman–Crippen MR) is 44.5 cm³/mol. The summed E-state index contributed by atoms with van der Waals surface area (Å²) in [5, 5.41) is 9.72. The van der Waals surface area contributed by atoms with E-state index in [2.05, 4.69) is 6.92 Å². The molecule has 3 nitrogen and oxygen atoms in total. The Kier molecular flexibility index (Phi) is 10.4. The van der Waals surface area contributed by atoms with Crippen LogP contribution in [0.3, 0.4) is 0 Å². The van der Waals surface area contributed by atoms with Crippen LogP contribution in [0.5, 0.6) is 0 Å². The zero-order valence-electron chi connectivity index (χ0n) is 6.04. The van der Waals surface area contributed by atoms with E-state index in [0.717, 1.165) is 18.2 Å². The summed E-state index contributed by atoms with van der Waals surface area (Å²) in [4.78, 5) is 9.86. The van der Waals surface area contributed by atoms with Gasteiger partial charge in [-0.3, -0.25) is 0 Å². The molecule has 0 saturated carbocycles. The van der Waals surface area contributed by atoms with Crippen molar-refractivity contribution in [2.75, 3.05) is 5.75 Å². The first-order valence-electron chi connectivity index (χ1n) is 2.78. The summed E-state index contributed by atoms with van der Waals surface area (Å²) >= 11 is 1.52. The lowest BCUT2D eigenvalue weighted by atomic mass is 10.6. The summed E-state index contributed by atoms with van der Waals surface area (Å²) in [5.41, 5.74) is 0. The highest BCUT2D eigenvalue weighted by atomic mass is 32.2. The molecule has 0 aromatic heterocycles. The number of rotatable bonds is 4. The lowest BCUT2D eigenvalue weighted by molar-refractivity contribution is -0.131. The van der Waals surface area contributed by atoms with Crippen LogP contribution in [0.2, 0.25) is 0 Å². The van der Waals surface area contributed by atoms with Gasteiger partial charge in [-0.15, -0.1) is 11.8 Å². The monoisotopic (exact) mass is 163 g/mol. The Morgan fingerprint density at radius 3 is 2.70 bits per heavy atom. The van der Waals surface area contributed by atoms with Crippen LogP contribution in [0.1, 0.15) is 13.3 Å². The maximum Gasteiger partial charge on any atom is 0.328 e. The minimum absolute atomic E-state index is 0. The lowest BCUT2D eigenvalue weighted by Gasteiger charge is -1.85. The Morgan fingerprint density at radius 1 is 1.70 bits per heavy atom. The molecule has 0 heterocycles. The van der Waals surface area contributed by atoms with Crippen molar-refractivity contribution in [3.8, 4) is 0 Å². The molecule has 0 aromatic carbocycles. The first kappa shape index (κ1) is 12.2. The van der Waals surface area contributed by atoms with E-state index in [1.807, 2.05) is 0 Å². The molecular formula is C6H13NO2S. The predicted octanol–water partition coefficient (Wildman–Crippen LogP) is 1.89. The minimum atomic E-state index is -0.876. The molecule has 0 rings (SSSR count). The van der Waals surface area contributed by atoms with Crippen LogP contribution in [-0.2, 0) is 4.79 Å². The van der Waals surface area contributed by atoms with E-state index in [9.17, 15) is 4.79 Å². The zero-order chi connectivity index (χ0) is 7.11. The molecule has 4 heteroatoms. The molecule has 0 aliphatic heterocycles. The number of hydrogen-bond acceptors (Lipinski definition) is 3. The number of aliphatic carboxylic acids is 1. The van der Waals surface area contributed by atoms with Crippen molar-refractivity contribution in [3.05, 3.63) is 11.5 Å². The van der Waals surface area contributed by atoms with Gasteiger partial charge in [-0.25, -0.2) is 4.79 Å². The molecule has 4 N–H and O–H groups in total. The van der Waals surface area contributed by atoms with Gasteiger partial charge in [0.25, 0.3) is 0 Å². The second-order valence-corrected chi connectivity index (χ2v) is 2.53. The van der Waals surface area contributed by atoms with E-state index >= 15 is 0 Å². The molecule has 0 unspecified atom stereocenters. The van der Waals surface area contributed by atoms with Gasteiger partial charge in [-0.2, -0.15) is 0 Å². The fraction of sp³-hybridized carbons (Fsp3) is 0.500. The van der Waals surface area contributed by atoms with Crippen LogP contribution in [0, 0.1) is 0 Å². The van der Waals surface area contributed by atoms with Gasteiger partial charge in [0.1, 0.15) is 0 Å². The summed E-state index contributed by atoms with van der Waals surface area (Å²) in [7, 11) is 0. The fourth-order valence-electron chi connectivity index (χ4n) is 0.292. The van der Waals surface area contributed by atoms with Crippen LogP contribution in [-0.4, -0.2) is 16.8 Å². The molecule has 0 spiro atoms. The number of hydrogen-bond donors (Lipinski definition) is 2. The molecule has 0 aromatic rings. The van der Waals surface area contributed by atoms with Crippen molar-refractivity contribution in [2.24, 2.45) is 0 Å². The molecule has 60 valence electrons. The maximum absolute atomic E-state index is 9.86. The van der Waals surface area contributed by atoms with Crippen molar-refractivity contribution >= 4 is 17.7 Å². The normalized spacial score (nSPS) is 9.30. The Morgan fingerprint density at radius 2 is 2.30 bits per heavy atom. The topological polar surface area (TPSA) is 72.3 Å². The second kappa shape index (κ2) is 8.52. The Balaban J connectivity index is 0. The van der Waals surface area contributed by atoms with Gasteiger partial charge in [0, 0.05) is 6.08 Å². The van der Waals surface area contributed by atoms with E-state index in [4.69, 9.17) is 5.11 Å². The van der Waals surface area contributed by atoms with E-state index in [1.165, 1.54) is 11.8 Å². The zero-order valence-corrected chi connectivity index (χ0v) is 6.86. The third kappa shape index (κ3) is 10.5. The smallest absolute Gasteiger partial charge is 0.328 e. The van der Waals surface area contributed by atoms with Crippen LogP contribution in [0.25, 0.3) is 0 Å². The molecule has 0 bridgehead atoms.